The van der Waals surface area contributed by atoms with Gasteiger partial charge in [0, 0.05) is 33.3 Å². The summed E-state index contributed by atoms with van der Waals surface area (Å²) in [6.07, 6.45) is 0. The number of benzene rings is 3. The van der Waals surface area contributed by atoms with Crippen LogP contribution in [0.3, 0.4) is 0 Å². The molecular formula is C28H19Cl2F2N3O5S3. The molecule has 1 aliphatic rings. The average molecular weight is 683 g/mol. The van der Waals surface area contributed by atoms with E-state index in [4.69, 9.17) is 27.9 Å². The fraction of sp³-hybridized carbons (Fsp3) is 0.143. The Kier molecular flexibility index (Phi) is 8.15. The minimum absolute atomic E-state index is 0.0318. The van der Waals surface area contributed by atoms with Crippen molar-refractivity contribution in [2.75, 3.05) is 36.9 Å². The van der Waals surface area contributed by atoms with Crippen LogP contribution in [0.5, 0.6) is 0 Å². The molecule has 8 nitrogen and oxygen atoms in total. The molecule has 0 unspecified atom stereocenters. The van der Waals surface area contributed by atoms with Gasteiger partial charge in [0.05, 0.1) is 39.5 Å². The number of amides is 2. The van der Waals surface area contributed by atoms with Crippen LogP contribution >= 0.6 is 45.9 Å². The first kappa shape index (κ1) is 29.9. The molecule has 43 heavy (non-hydrogen) atoms. The van der Waals surface area contributed by atoms with Crippen LogP contribution in [-0.2, 0) is 14.8 Å². The summed E-state index contributed by atoms with van der Waals surface area (Å²) in [6, 6.07) is 11.8. The maximum atomic E-state index is 13.8. The lowest BCUT2D eigenvalue weighted by atomic mass is 10.2. The molecular weight excluding hydrogens is 663 g/mol. The number of ether oxygens (including phenoxy) is 1. The van der Waals surface area contributed by atoms with Crippen molar-refractivity contribution in [2.24, 2.45) is 0 Å². The van der Waals surface area contributed by atoms with Gasteiger partial charge >= 0.3 is 0 Å². The Bertz CT molecular complexity index is 2040. The highest BCUT2D eigenvalue weighted by molar-refractivity contribution is 7.89. The minimum atomic E-state index is -3.97. The quantitative estimate of drug-likeness (QED) is 0.197. The number of hydrogen-bond donors (Lipinski definition) is 2. The molecule has 0 saturated carbocycles. The molecule has 2 N–H and O–H groups in total. The Hall–Kier alpha value is -3.17. The van der Waals surface area contributed by atoms with Crippen molar-refractivity contribution < 1.29 is 31.5 Å². The van der Waals surface area contributed by atoms with E-state index >= 15 is 0 Å². The number of nitrogens with zero attached hydrogens (tertiary/aromatic N) is 1. The number of fused-ring (bicyclic) bond motifs is 2. The first-order valence-electron chi connectivity index (χ1n) is 12.6. The number of carbonyl (C=O) groups is 2. The second-order valence-electron chi connectivity index (χ2n) is 9.40. The van der Waals surface area contributed by atoms with E-state index in [9.17, 15) is 26.8 Å². The van der Waals surface area contributed by atoms with Crippen LogP contribution in [0.2, 0.25) is 10.0 Å². The van der Waals surface area contributed by atoms with Gasteiger partial charge in [-0.3, -0.25) is 9.59 Å². The second kappa shape index (κ2) is 11.7. The highest BCUT2D eigenvalue weighted by Gasteiger charge is 2.28. The van der Waals surface area contributed by atoms with Gasteiger partial charge in [-0.25, -0.2) is 17.2 Å². The van der Waals surface area contributed by atoms with Gasteiger partial charge in [-0.05, 0) is 54.6 Å². The maximum Gasteiger partial charge on any atom is 0.267 e. The van der Waals surface area contributed by atoms with E-state index in [2.05, 4.69) is 10.6 Å². The molecule has 3 heterocycles. The molecule has 0 spiro atoms. The first-order chi connectivity index (χ1) is 20.5. The third kappa shape index (κ3) is 5.74. The van der Waals surface area contributed by atoms with Gasteiger partial charge in [0.25, 0.3) is 11.8 Å². The number of carbonyl (C=O) groups excluding carboxylic acids is 2. The summed E-state index contributed by atoms with van der Waals surface area (Å²) < 4.78 is 61.8. The van der Waals surface area contributed by atoms with Crippen LogP contribution in [0.4, 0.5) is 20.2 Å². The van der Waals surface area contributed by atoms with E-state index in [0.717, 1.165) is 22.7 Å². The molecule has 6 rings (SSSR count). The Labute approximate surface area is 261 Å². The predicted octanol–water partition coefficient (Wildman–Crippen LogP) is 7.23. The summed E-state index contributed by atoms with van der Waals surface area (Å²) in [4.78, 5) is 26.8. The molecule has 0 bridgehead atoms. The van der Waals surface area contributed by atoms with E-state index < -0.39 is 33.5 Å². The van der Waals surface area contributed by atoms with Crippen molar-refractivity contribution in [1.82, 2.24) is 4.31 Å². The standard InChI is InChI=1S/C28H19Cl2F2N3O5S3/c29-23-17-4-1-14(31)11-21(17)41-25(23)27(36)33-19-6-3-16(43(38,39)35-7-9-40-10-8-35)13-20(19)34-28(37)26-24(30)18-5-2-15(32)12-22(18)42-26/h1-6,11-13H,7-10H2,(H,33,36)(H,34,37). The van der Waals surface area contributed by atoms with Crippen molar-refractivity contribution in [1.29, 1.82) is 0 Å². The van der Waals surface area contributed by atoms with Crippen LogP contribution in [0.25, 0.3) is 20.2 Å². The number of halogens is 4. The highest BCUT2D eigenvalue weighted by Crippen LogP contribution is 2.39. The van der Waals surface area contributed by atoms with Gasteiger partial charge in [0.2, 0.25) is 10.0 Å². The molecule has 0 atom stereocenters. The topological polar surface area (TPSA) is 105 Å². The molecule has 0 radical (unpaired) electrons. The fourth-order valence-electron chi connectivity index (χ4n) is 4.56. The number of sulfonamides is 1. The Morgan fingerprint density at radius 3 is 1.81 bits per heavy atom. The summed E-state index contributed by atoms with van der Waals surface area (Å²) >= 11 is 14.8. The SMILES string of the molecule is O=C(Nc1ccc(S(=O)(=O)N2CCOCC2)cc1NC(=O)c1sc2cc(F)ccc2c1Cl)c1sc2cc(F)ccc2c1Cl. The lowest BCUT2D eigenvalue weighted by molar-refractivity contribution is 0.0730. The summed E-state index contributed by atoms with van der Waals surface area (Å²) in [6.45, 7) is 0.784. The fourth-order valence-corrected chi connectivity index (χ4v) is 8.87. The Morgan fingerprint density at radius 1 is 0.767 bits per heavy atom. The normalized spacial score (nSPS) is 14.3. The third-order valence-electron chi connectivity index (χ3n) is 6.69. The molecule has 222 valence electrons. The van der Waals surface area contributed by atoms with Crippen LogP contribution in [0, 0.1) is 11.6 Å². The van der Waals surface area contributed by atoms with Crippen molar-refractivity contribution >= 4 is 99.3 Å². The Morgan fingerprint density at radius 2 is 1.28 bits per heavy atom. The average Bonchev–Trinajstić information content (AvgIpc) is 3.49. The molecule has 0 aliphatic carbocycles. The number of hydrogen-bond acceptors (Lipinski definition) is 7. The smallest absolute Gasteiger partial charge is 0.267 e. The molecule has 2 amide bonds. The number of anilines is 2. The molecule has 5 aromatic rings. The molecule has 1 saturated heterocycles. The van der Waals surface area contributed by atoms with E-state index in [1.54, 1.807) is 0 Å². The van der Waals surface area contributed by atoms with Crippen molar-refractivity contribution in [3.05, 3.63) is 86.0 Å². The van der Waals surface area contributed by atoms with E-state index in [-0.39, 0.29) is 62.4 Å². The monoisotopic (exact) mass is 681 g/mol. The number of rotatable bonds is 6. The van der Waals surface area contributed by atoms with Gasteiger partial charge in [-0.1, -0.05) is 23.2 Å². The van der Waals surface area contributed by atoms with E-state index in [0.29, 0.717) is 20.2 Å². The van der Waals surface area contributed by atoms with Gasteiger partial charge in [-0.2, -0.15) is 4.31 Å². The van der Waals surface area contributed by atoms with Gasteiger partial charge in [-0.15, -0.1) is 22.7 Å². The van der Waals surface area contributed by atoms with Crippen LogP contribution in [0.15, 0.2) is 59.5 Å². The maximum absolute atomic E-state index is 13.8. The van der Waals surface area contributed by atoms with Crippen molar-refractivity contribution in [2.45, 2.75) is 4.90 Å². The zero-order valence-corrected chi connectivity index (χ0v) is 25.7. The van der Waals surface area contributed by atoms with Crippen LogP contribution in [-0.4, -0.2) is 50.8 Å². The third-order valence-corrected chi connectivity index (χ3v) is 11.9. The van der Waals surface area contributed by atoms with Crippen molar-refractivity contribution in [3.8, 4) is 0 Å². The molecule has 2 aromatic heterocycles. The largest absolute Gasteiger partial charge is 0.379 e. The molecule has 1 fully saturated rings. The number of morpholine rings is 1. The number of nitrogens with one attached hydrogen (secondary N) is 2. The zero-order chi connectivity index (χ0) is 30.5. The zero-order valence-electron chi connectivity index (χ0n) is 21.7. The number of thiophene rings is 2. The van der Waals surface area contributed by atoms with Gasteiger partial charge in [0.1, 0.15) is 21.4 Å². The van der Waals surface area contributed by atoms with E-state index in [1.807, 2.05) is 0 Å². The lowest BCUT2D eigenvalue weighted by Crippen LogP contribution is -2.40. The second-order valence-corrected chi connectivity index (χ2v) is 14.2. The first-order valence-corrected chi connectivity index (χ1v) is 16.5. The summed E-state index contributed by atoms with van der Waals surface area (Å²) in [5.74, 6) is -2.33. The molecule has 3 aromatic carbocycles. The van der Waals surface area contributed by atoms with Crippen LogP contribution < -0.4 is 10.6 Å². The van der Waals surface area contributed by atoms with Crippen LogP contribution in [0.1, 0.15) is 19.3 Å². The van der Waals surface area contributed by atoms with Crippen molar-refractivity contribution in [3.63, 3.8) is 0 Å². The lowest BCUT2D eigenvalue weighted by Gasteiger charge is -2.26. The highest BCUT2D eigenvalue weighted by atomic mass is 35.5. The summed E-state index contributed by atoms with van der Waals surface area (Å²) in [5, 5.41) is 6.53. The van der Waals surface area contributed by atoms with E-state index in [1.165, 1.54) is 58.9 Å². The Balaban J connectivity index is 1.38. The summed E-state index contributed by atoms with van der Waals surface area (Å²) in [7, 11) is -3.97. The van der Waals surface area contributed by atoms with Gasteiger partial charge in [0.15, 0.2) is 0 Å². The molecule has 15 heteroatoms. The summed E-state index contributed by atoms with van der Waals surface area (Å²) in [5.41, 5.74) is 0.0397. The predicted molar refractivity (Wildman–Crippen MR) is 166 cm³/mol. The molecule has 1 aliphatic heterocycles. The minimum Gasteiger partial charge on any atom is -0.379 e. The van der Waals surface area contributed by atoms with Gasteiger partial charge < -0.3 is 15.4 Å².